The SMILES string of the molecule is O=C(O)C1CCCN(C(=O)NCC(=O)N2CCc3ccccc3C2)C1. The zero-order valence-electron chi connectivity index (χ0n) is 14.1. The van der Waals surface area contributed by atoms with Crippen LogP contribution in [0.15, 0.2) is 24.3 Å². The fourth-order valence-corrected chi connectivity index (χ4v) is 3.45. The molecule has 2 aliphatic rings. The minimum atomic E-state index is -0.874. The molecule has 0 bridgehead atoms. The lowest BCUT2D eigenvalue weighted by molar-refractivity contribution is -0.143. The molecule has 0 radical (unpaired) electrons. The molecule has 134 valence electrons. The molecule has 25 heavy (non-hydrogen) atoms. The van der Waals surface area contributed by atoms with Crippen LogP contribution in [-0.4, -0.2) is 59.0 Å². The monoisotopic (exact) mass is 345 g/mol. The van der Waals surface area contributed by atoms with Crippen molar-refractivity contribution in [3.63, 3.8) is 0 Å². The van der Waals surface area contributed by atoms with E-state index < -0.39 is 11.9 Å². The van der Waals surface area contributed by atoms with Crippen LogP contribution < -0.4 is 5.32 Å². The van der Waals surface area contributed by atoms with E-state index in [9.17, 15) is 14.4 Å². The maximum Gasteiger partial charge on any atom is 0.317 e. The van der Waals surface area contributed by atoms with Gasteiger partial charge in [-0.3, -0.25) is 9.59 Å². The summed E-state index contributed by atoms with van der Waals surface area (Å²) >= 11 is 0. The number of aliphatic carboxylic acids is 1. The van der Waals surface area contributed by atoms with Crippen molar-refractivity contribution in [3.05, 3.63) is 35.4 Å². The summed E-state index contributed by atoms with van der Waals surface area (Å²) in [4.78, 5) is 38.9. The Morgan fingerprint density at radius 1 is 1.12 bits per heavy atom. The summed E-state index contributed by atoms with van der Waals surface area (Å²) in [5, 5.41) is 11.7. The van der Waals surface area contributed by atoms with Gasteiger partial charge in [0.15, 0.2) is 0 Å². The quantitative estimate of drug-likeness (QED) is 0.858. The fraction of sp³-hybridized carbons (Fsp3) is 0.500. The third-order valence-corrected chi connectivity index (χ3v) is 4.93. The van der Waals surface area contributed by atoms with Crippen molar-refractivity contribution in [3.8, 4) is 0 Å². The molecule has 2 N–H and O–H groups in total. The van der Waals surface area contributed by atoms with Gasteiger partial charge >= 0.3 is 12.0 Å². The smallest absolute Gasteiger partial charge is 0.317 e. The van der Waals surface area contributed by atoms with E-state index in [4.69, 9.17) is 5.11 Å². The minimum Gasteiger partial charge on any atom is -0.481 e. The Morgan fingerprint density at radius 3 is 2.64 bits per heavy atom. The number of amides is 3. The van der Waals surface area contributed by atoms with Gasteiger partial charge in [-0.1, -0.05) is 24.3 Å². The Hall–Kier alpha value is -2.57. The molecule has 7 nitrogen and oxygen atoms in total. The Morgan fingerprint density at radius 2 is 1.88 bits per heavy atom. The van der Waals surface area contributed by atoms with E-state index in [1.165, 1.54) is 10.5 Å². The van der Waals surface area contributed by atoms with Crippen LogP contribution in [0.25, 0.3) is 0 Å². The van der Waals surface area contributed by atoms with E-state index >= 15 is 0 Å². The molecule has 0 spiro atoms. The number of carboxylic acids is 1. The van der Waals surface area contributed by atoms with Crippen LogP contribution in [0, 0.1) is 5.92 Å². The van der Waals surface area contributed by atoms with Crippen molar-refractivity contribution < 1.29 is 19.5 Å². The molecular weight excluding hydrogens is 322 g/mol. The van der Waals surface area contributed by atoms with E-state index in [-0.39, 0.29) is 25.0 Å². The van der Waals surface area contributed by atoms with Crippen molar-refractivity contribution in [2.75, 3.05) is 26.2 Å². The second kappa shape index (κ2) is 7.55. The van der Waals surface area contributed by atoms with Crippen molar-refractivity contribution in [2.24, 2.45) is 5.92 Å². The molecule has 1 aromatic carbocycles. The van der Waals surface area contributed by atoms with E-state index in [1.54, 1.807) is 4.90 Å². The van der Waals surface area contributed by atoms with Crippen LogP contribution in [0.4, 0.5) is 4.79 Å². The molecule has 1 unspecified atom stereocenters. The van der Waals surface area contributed by atoms with Crippen LogP contribution in [0.3, 0.4) is 0 Å². The van der Waals surface area contributed by atoms with Crippen LogP contribution in [0.5, 0.6) is 0 Å². The number of rotatable bonds is 3. The number of hydrogen-bond acceptors (Lipinski definition) is 3. The van der Waals surface area contributed by atoms with Crippen LogP contribution in [0.2, 0.25) is 0 Å². The highest BCUT2D eigenvalue weighted by atomic mass is 16.4. The fourth-order valence-electron chi connectivity index (χ4n) is 3.45. The Balaban J connectivity index is 1.49. The van der Waals surface area contributed by atoms with E-state index in [0.29, 0.717) is 32.5 Å². The molecular formula is C18H23N3O4. The number of carboxylic acid groups (broad SMARTS) is 1. The van der Waals surface area contributed by atoms with Gasteiger partial charge in [-0.2, -0.15) is 0 Å². The first-order chi connectivity index (χ1) is 12.0. The molecule has 7 heteroatoms. The second-order valence-corrected chi connectivity index (χ2v) is 6.62. The van der Waals surface area contributed by atoms with Crippen molar-refractivity contribution >= 4 is 17.9 Å². The predicted molar refractivity (Wildman–Crippen MR) is 90.9 cm³/mol. The first kappa shape index (κ1) is 17.3. The molecule has 1 aromatic rings. The molecule has 0 aromatic heterocycles. The zero-order valence-corrected chi connectivity index (χ0v) is 14.1. The average molecular weight is 345 g/mol. The van der Waals surface area contributed by atoms with Gasteiger partial charge in [-0.05, 0) is 30.4 Å². The van der Waals surface area contributed by atoms with Crippen LogP contribution >= 0.6 is 0 Å². The molecule has 1 fully saturated rings. The van der Waals surface area contributed by atoms with Crippen molar-refractivity contribution in [2.45, 2.75) is 25.8 Å². The number of piperidine rings is 1. The number of hydrogen-bond donors (Lipinski definition) is 2. The maximum absolute atomic E-state index is 12.4. The molecule has 2 aliphatic heterocycles. The topological polar surface area (TPSA) is 90.0 Å². The number of urea groups is 1. The predicted octanol–water partition coefficient (Wildman–Crippen LogP) is 1.08. The molecule has 3 rings (SSSR count). The lowest BCUT2D eigenvalue weighted by Gasteiger charge is -2.32. The lowest BCUT2D eigenvalue weighted by Crippen LogP contribution is -2.50. The highest BCUT2D eigenvalue weighted by molar-refractivity contribution is 5.84. The van der Waals surface area contributed by atoms with Crippen LogP contribution in [0.1, 0.15) is 24.0 Å². The highest BCUT2D eigenvalue weighted by Gasteiger charge is 2.28. The van der Waals surface area contributed by atoms with Gasteiger partial charge in [0.1, 0.15) is 0 Å². The largest absolute Gasteiger partial charge is 0.481 e. The van der Waals surface area contributed by atoms with Gasteiger partial charge < -0.3 is 20.2 Å². The normalized spacial score (nSPS) is 19.9. The van der Waals surface area contributed by atoms with E-state index in [0.717, 1.165) is 12.0 Å². The van der Waals surface area contributed by atoms with Gasteiger partial charge in [0.2, 0.25) is 5.91 Å². The molecule has 2 heterocycles. The van der Waals surface area contributed by atoms with E-state index in [2.05, 4.69) is 11.4 Å². The highest BCUT2D eigenvalue weighted by Crippen LogP contribution is 2.19. The standard InChI is InChI=1S/C18H23N3O4/c22-16(20-9-7-13-4-1-2-5-14(13)11-20)10-19-18(25)21-8-3-6-15(12-21)17(23)24/h1-2,4-5,15H,3,6-12H2,(H,19,25)(H,23,24). The summed E-state index contributed by atoms with van der Waals surface area (Å²) in [6.07, 6.45) is 2.08. The van der Waals surface area contributed by atoms with Gasteiger partial charge in [0.05, 0.1) is 12.5 Å². The molecule has 0 saturated carbocycles. The van der Waals surface area contributed by atoms with Gasteiger partial charge in [0.25, 0.3) is 0 Å². The summed E-state index contributed by atoms with van der Waals surface area (Å²) in [6.45, 7) is 1.88. The first-order valence-corrected chi connectivity index (χ1v) is 8.64. The summed E-state index contributed by atoms with van der Waals surface area (Å²) in [7, 11) is 0. The summed E-state index contributed by atoms with van der Waals surface area (Å²) in [5.74, 6) is -1.51. The van der Waals surface area contributed by atoms with Crippen LogP contribution in [-0.2, 0) is 22.6 Å². The Kier molecular flexibility index (Phi) is 5.21. The van der Waals surface area contributed by atoms with Crippen molar-refractivity contribution in [1.29, 1.82) is 0 Å². The average Bonchev–Trinajstić information content (AvgIpc) is 2.65. The third-order valence-electron chi connectivity index (χ3n) is 4.93. The Bertz CT molecular complexity index is 676. The summed E-state index contributed by atoms with van der Waals surface area (Å²) in [5.41, 5.74) is 2.41. The zero-order chi connectivity index (χ0) is 17.8. The Labute approximate surface area is 146 Å². The third kappa shape index (κ3) is 4.10. The first-order valence-electron chi connectivity index (χ1n) is 8.64. The maximum atomic E-state index is 12.4. The number of fused-ring (bicyclic) bond motifs is 1. The van der Waals surface area contributed by atoms with Gasteiger partial charge in [-0.15, -0.1) is 0 Å². The number of nitrogens with one attached hydrogen (secondary N) is 1. The van der Waals surface area contributed by atoms with Crippen molar-refractivity contribution in [1.82, 2.24) is 15.1 Å². The molecule has 1 atom stereocenters. The van der Waals surface area contributed by atoms with Gasteiger partial charge in [-0.25, -0.2) is 4.79 Å². The summed E-state index contributed by atoms with van der Waals surface area (Å²) < 4.78 is 0. The summed E-state index contributed by atoms with van der Waals surface area (Å²) in [6, 6.07) is 7.70. The van der Waals surface area contributed by atoms with Gasteiger partial charge in [0, 0.05) is 26.2 Å². The molecule has 1 saturated heterocycles. The second-order valence-electron chi connectivity index (χ2n) is 6.62. The number of likely N-dealkylation sites (tertiary alicyclic amines) is 1. The van der Waals surface area contributed by atoms with E-state index in [1.807, 2.05) is 18.2 Å². The number of carbonyl (C=O) groups is 3. The molecule has 3 amide bonds. The minimum absolute atomic E-state index is 0.0603. The number of benzene rings is 1. The number of nitrogens with zero attached hydrogens (tertiary/aromatic N) is 2. The number of carbonyl (C=O) groups excluding carboxylic acids is 2. The lowest BCUT2D eigenvalue weighted by atomic mass is 9.99. The molecule has 0 aliphatic carbocycles.